The molecule has 0 bridgehead atoms. The molecule has 0 unspecified atom stereocenters. The lowest BCUT2D eigenvalue weighted by Gasteiger charge is -2.16. The van der Waals surface area contributed by atoms with Gasteiger partial charge in [-0.2, -0.15) is 5.10 Å². The lowest BCUT2D eigenvalue weighted by molar-refractivity contribution is -0.111. The zero-order valence-corrected chi connectivity index (χ0v) is 15.1. The third kappa shape index (κ3) is 3.93. The molecule has 3 amide bonds. The van der Waals surface area contributed by atoms with Gasteiger partial charge in [-0.3, -0.25) is 9.89 Å². The first-order chi connectivity index (χ1) is 13.7. The number of anilines is 2. The molecule has 0 saturated heterocycles. The topological polar surface area (TPSA) is 90.1 Å². The van der Waals surface area contributed by atoms with Crippen LogP contribution in [-0.2, 0) is 17.9 Å². The van der Waals surface area contributed by atoms with Crippen LogP contribution in [0.3, 0.4) is 0 Å². The lowest BCUT2D eigenvalue weighted by atomic mass is 10.2. The van der Waals surface area contributed by atoms with Gasteiger partial charge in [-0.25, -0.2) is 4.79 Å². The van der Waals surface area contributed by atoms with Gasteiger partial charge in [-0.1, -0.05) is 48.5 Å². The number of hydrogen-bond acceptors (Lipinski definition) is 3. The van der Waals surface area contributed by atoms with Gasteiger partial charge in [-0.05, 0) is 23.8 Å². The number of amides is 3. The van der Waals surface area contributed by atoms with E-state index in [1.807, 2.05) is 60.7 Å². The summed E-state index contributed by atoms with van der Waals surface area (Å²) in [6, 6.07) is 18.7. The van der Waals surface area contributed by atoms with Crippen LogP contribution >= 0.6 is 0 Å². The quantitative estimate of drug-likeness (QED) is 0.610. The average molecular weight is 373 g/mol. The third-order valence-corrected chi connectivity index (χ3v) is 4.43. The third-order valence-electron chi connectivity index (χ3n) is 4.43. The van der Waals surface area contributed by atoms with E-state index in [4.69, 9.17) is 0 Å². The van der Waals surface area contributed by atoms with Crippen LogP contribution in [0.2, 0.25) is 0 Å². The fraction of sp³-hybridized carbons (Fsp3) is 0.0952. The summed E-state index contributed by atoms with van der Waals surface area (Å²) >= 11 is 0. The molecule has 0 radical (unpaired) electrons. The Bertz CT molecular complexity index is 1010. The van der Waals surface area contributed by atoms with Crippen molar-refractivity contribution in [3.8, 4) is 0 Å². The predicted molar refractivity (Wildman–Crippen MR) is 107 cm³/mol. The molecule has 3 aromatic rings. The number of urea groups is 1. The van der Waals surface area contributed by atoms with Crippen LogP contribution in [0.5, 0.6) is 0 Å². The molecule has 140 valence electrons. The van der Waals surface area contributed by atoms with Gasteiger partial charge in [0.2, 0.25) is 5.91 Å². The molecule has 7 heteroatoms. The predicted octanol–water partition coefficient (Wildman–Crippen LogP) is 3.61. The molecular formula is C21H19N5O2. The lowest BCUT2D eigenvalue weighted by Crippen LogP contribution is -2.30. The van der Waals surface area contributed by atoms with Crippen LogP contribution in [0, 0.1) is 0 Å². The number of nitrogens with one attached hydrogen (secondary N) is 3. The van der Waals surface area contributed by atoms with E-state index in [-0.39, 0.29) is 11.9 Å². The molecule has 1 aliphatic heterocycles. The monoisotopic (exact) mass is 373 g/mol. The fourth-order valence-corrected chi connectivity index (χ4v) is 3.00. The number of carbonyl (C=O) groups is 2. The van der Waals surface area contributed by atoms with Crippen LogP contribution in [0.4, 0.5) is 16.3 Å². The molecule has 0 spiro atoms. The molecule has 28 heavy (non-hydrogen) atoms. The van der Waals surface area contributed by atoms with Gasteiger partial charge >= 0.3 is 6.03 Å². The van der Waals surface area contributed by atoms with Crippen LogP contribution in [0.1, 0.15) is 16.8 Å². The van der Waals surface area contributed by atoms with Gasteiger partial charge < -0.3 is 15.5 Å². The number of nitrogens with zero attached hydrogens (tertiary/aromatic N) is 2. The zero-order valence-electron chi connectivity index (χ0n) is 15.1. The number of fused-ring (bicyclic) bond motifs is 1. The summed E-state index contributed by atoms with van der Waals surface area (Å²) in [7, 11) is 0. The Morgan fingerprint density at radius 1 is 0.964 bits per heavy atom. The highest BCUT2D eigenvalue weighted by molar-refractivity contribution is 6.02. The van der Waals surface area contributed by atoms with E-state index in [0.29, 0.717) is 18.9 Å². The molecular weight excluding hydrogens is 354 g/mol. The minimum atomic E-state index is -0.262. The maximum atomic E-state index is 12.5. The highest BCUT2D eigenvalue weighted by atomic mass is 16.2. The average Bonchev–Trinajstić information content (AvgIpc) is 3.30. The molecule has 0 fully saturated rings. The maximum absolute atomic E-state index is 12.5. The molecule has 0 aliphatic carbocycles. The summed E-state index contributed by atoms with van der Waals surface area (Å²) in [5, 5.41) is 12.7. The molecule has 0 atom stereocenters. The molecule has 2 heterocycles. The number of rotatable bonds is 4. The Hall–Kier alpha value is -3.87. The normalized spacial score (nSPS) is 12.8. The van der Waals surface area contributed by atoms with Crippen molar-refractivity contribution < 1.29 is 9.59 Å². The van der Waals surface area contributed by atoms with Gasteiger partial charge in [0.25, 0.3) is 0 Å². The first kappa shape index (κ1) is 17.5. The van der Waals surface area contributed by atoms with E-state index in [1.54, 1.807) is 11.0 Å². The van der Waals surface area contributed by atoms with E-state index in [1.165, 1.54) is 6.08 Å². The van der Waals surface area contributed by atoms with Crippen molar-refractivity contribution in [1.82, 2.24) is 15.1 Å². The van der Waals surface area contributed by atoms with Crippen molar-refractivity contribution in [3.05, 3.63) is 83.6 Å². The van der Waals surface area contributed by atoms with Crippen molar-refractivity contribution in [2.75, 3.05) is 10.6 Å². The van der Waals surface area contributed by atoms with E-state index >= 15 is 0 Å². The Balaban J connectivity index is 1.38. The Morgan fingerprint density at radius 3 is 2.43 bits per heavy atom. The van der Waals surface area contributed by atoms with Gasteiger partial charge in [-0.15, -0.1) is 0 Å². The fourth-order valence-electron chi connectivity index (χ4n) is 3.00. The number of para-hydroxylation sites is 1. The molecule has 1 aliphatic rings. The molecule has 2 aromatic carbocycles. The zero-order chi connectivity index (χ0) is 19.3. The molecule has 4 rings (SSSR count). The summed E-state index contributed by atoms with van der Waals surface area (Å²) in [6.07, 6.45) is 3.21. The second kappa shape index (κ2) is 7.79. The van der Waals surface area contributed by atoms with Gasteiger partial charge in [0.05, 0.1) is 18.8 Å². The number of aromatic amines is 1. The summed E-state index contributed by atoms with van der Waals surface area (Å²) in [5.41, 5.74) is 3.25. The minimum Gasteiger partial charge on any atom is -0.314 e. The van der Waals surface area contributed by atoms with E-state index in [0.717, 1.165) is 22.5 Å². The number of hydrogen-bond donors (Lipinski definition) is 3. The standard InChI is InChI=1S/C21H19N5O2/c27-19(12-11-15-7-3-1-4-8-15)23-20-17-13-26(14-18(17)24-25-20)21(28)22-16-9-5-2-6-10-16/h1-12H,13-14H2,(H,22,28)(H2,23,24,25,27). The van der Waals surface area contributed by atoms with Crippen molar-refractivity contribution in [2.24, 2.45) is 0 Å². The number of H-pyrrole nitrogens is 1. The second-order valence-corrected chi connectivity index (χ2v) is 6.41. The Morgan fingerprint density at radius 2 is 1.68 bits per heavy atom. The van der Waals surface area contributed by atoms with Gasteiger partial charge in [0, 0.05) is 17.3 Å². The van der Waals surface area contributed by atoms with Crippen LogP contribution in [0.25, 0.3) is 6.08 Å². The summed E-state index contributed by atoms with van der Waals surface area (Å²) in [5.74, 6) is 0.259. The summed E-state index contributed by atoms with van der Waals surface area (Å²) in [6.45, 7) is 0.767. The SMILES string of the molecule is O=C(C=Cc1ccccc1)Nc1[nH]nc2c1CN(C(=O)Nc1ccccc1)C2. The van der Waals surface area contributed by atoms with Crippen LogP contribution in [-0.4, -0.2) is 27.0 Å². The molecule has 3 N–H and O–H groups in total. The largest absolute Gasteiger partial charge is 0.322 e. The summed E-state index contributed by atoms with van der Waals surface area (Å²) in [4.78, 5) is 26.3. The van der Waals surface area contributed by atoms with E-state index in [9.17, 15) is 9.59 Å². The Labute approximate surface area is 162 Å². The first-order valence-electron chi connectivity index (χ1n) is 8.90. The van der Waals surface area contributed by atoms with Crippen molar-refractivity contribution in [1.29, 1.82) is 0 Å². The number of carbonyl (C=O) groups excluding carboxylic acids is 2. The molecule has 0 saturated carbocycles. The van der Waals surface area contributed by atoms with Gasteiger partial charge in [0.15, 0.2) is 0 Å². The molecule has 1 aromatic heterocycles. The van der Waals surface area contributed by atoms with Crippen molar-refractivity contribution >= 4 is 29.5 Å². The smallest absolute Gasteiger partial charge is 0.314 e. The minimum absolute atomic E-state index is 0.203. The van der Waals surface area contributed by atoms with E-state index in [2.05, 4.69) is 20.8 Å². The highest BCUT2D eigenvalue weighted by Crippen LogP contribution is 2.27. The maximum Gasteiger partial charge on any atom is 0.322 e. The number of aromatic nitrogens is 2. The van der Waals surface area contributed by atoms with E-state index < -0.39 is 0 Å². The summed E-state index contributed by atoms with van der Waals surface area (Å²) < 4.78 is 0. The van der Waals surface area contributed by atoms with Crippen molar-refractivity contribution in [2.45, 2.75) is 13.1 Å². The number of benzene rings is 2. The van der Waals surface area contributed by atoms with Crippen LogP contribution in [0.15, 0.2) is 66.7 Å². The second-order valence-electron chi connectivity index (χ2n) is 6.41. The Kier molecular flexibility index (Phi) is 4.88. The van der Waals surface area contributed by atoms with Crippen molar-refractivity contribution in [3.63, 3.8) is 0 Å². The highest BCUT2D eigenvalue weighted by Gasteiger charge is 2.28. The molecule has 7 nitrogen and oxygen atoms in total. The first-order valence-corrected chi connectivity index (χ1v) is 8.90. The van der Waals surface area contributed by atoms with Crippen LogP contribution < -0.4 is 10.6 Å². The van der Waals surface area contributed by atoms with Gasteiger partial charge in [0.1, 0.15) is 5.82 Å².